The number of benzene rings is 2. The molecule has 2 aromatic rings. The van der Waals surface area contributed by atoms with Crippen LogP contribution in [0.2, 0.25) is 0 Å². The van der Waals surface area contributed by atoms with E-state index < -0.39 is 6.10 Å². The minimum absolute atomic E-state index is 0.273. The molecule has 2 rings (SSSR count). The highest BCUT2D eigenvalue weighted by Gasteiger charge is 2.20. The Labute approximate surface area is 153 Å². The molecule has 0 radical (unpaired) electrons. The van der Waals surface area contributed by atoms with Gasteiger partial charge in [0.25, 0.3) is 5.91 Å². The van der Waals surface area contributed by atoms with Crippen molar-refractivity contribution in [3.05, 3.63) is 53.6 Å². The Morgan fingerprint density at radius 1 is 1.08 bits per heavy atom. The van der Waals surface area contributed by atoms with Gasteiger partial charge in [-0.2, -0.15) is 5.26 Å². The smallest absolute Gasteiger partial charge is 0.261 e. The van der Waals surface area contributed by atoms with Gasteiger partial charge in [-0.05, 0) is 50.2 Å². The van der Waals surface area contributed by atoms with Crippen molar-refractivity contribution >= 4 is 5.91 Å². The monoisotopic (exact) mass is 354 g/mol. The summed E-state index contributed by atoms with van der Waals surface area (Å²) in [4.78, 5) is 12.5. The minimum atomic E-state index is -0.719. The van der Waals surface area contributed by atoms with Gasteiger partial charge in [-0.1, -0.05) is 6.07 Å². The molecule has 2 aromatic carbocycles. The number of amides is 1. The normalized spacial score (nSPS) is 12.4. The first-order chi connectivity index (χ1) is 12.5. The van der Waals surface area contributed by atoms with Crippen molar-refractivity contribution in [1.82, 2.24) is 5.32 Å². The van der Waals surface area contributed by atoms with E-state index in [0.717, 1.165) is 5.56 Å². The molecule has 0 spiro atoms. The molecular formula is C20H22N2O4. The predicted molar refractivity (Wildman–Crippen MR) is 97.4 cm³/mol. The lowest BCUT2D eigenvalue weighted by atomic mass is 10.1. The fourth-order valence-electron chi connectivity index (χ4n) is 2.48. The SMILES string of the molecule is COc1ccc(OC)c(C(C)NC(=O)C(C)Oc2cccc(C#N)c2)c1. The maximum atomic E-state index is 12.5. The predicted octanol–water partition coefficient (Wildman–Crippen LogP) is 3.22. The van der Waals surface area contributed by atoms with E-state index in [9.17, 15) is 4.79 Å². The number of hydrogen-bond donors (Lipinski definition) is 1. The maximum Gasteiger partial charge on any atom is 0.261 e. The first kappa shape index (κ1) is 19.1. The first-order valence-corrected chi connectivity index (χ1v) is 8.17. The molecule has 1 N–H and O–H groups in total. The summed E-state index contributed by atoms with van der Waals surface area (Å²) in [6.07, 6.45) is -0.719. The van der Waals surface area contributed by atoms with Crippen LogP contribution in [0.4, 0.5) is 0 Å². The van der Waals surface area contributed by atoms with Crippen molar-refractivity contribution in [3.8, 4) is 23.3 Å². The standard InChI is InChI=1S/C20H22N2O4/c1-13(18-11-16(24-3)8-9-19(18)25-4)22-20(23)14(2)26-17-7-5-6-15(10-17)12-21/h5-11,13-14H,1-4H3,(H,22,23). The van der Waals surface area contributed by atoms with E-state index >= 15 is 0 Å². The van der Waals surface area contributed by atoms with Crippen LogP contribution in [0.15, 0.2) is 42.5 Å². The van der Waals surface area contributed by atoms with E-state index in [4.69, 9.17) is 19.5 Å². The Hall–Kier alpha value is -3.20. The van der Waals surface area contributed by atoms with E-state index in [1.165, 1.54) is 0 Å². The lowest BCUT2D eigenvalue weighted by Crippen LogP contribution is -2.37. The average Bonchev–Trinajstić information content (AvgIpc) is 2.67. The summed E-state index contributed by atoms with van der Waals surface area (Å²) in [6.45, 7) is 3.52. The van der Waals surface area contributed by atoms with Gasteiger partial charge < -0.3 is 19.5 Å². The number of carbonyl (C=O) groups is 1. The van der Waals surface area contributed by atoms with Crippen LogP contribution in [0, 0.1) is 11.3 Å². The van der Waals surface area contributed by atoms with Gasteiger partial charge in [-0.3, -0.25) is 4.79 Å². The van der Waals surface area contributed by atoms with Gasteiger partial charge >= 0.3 is 0 Å². The zero-order valence-electron chi connectivity index (χ0n) is 15.3. The highest BCUT2D eigenvalue weighted by Crippen LogP contribution is 2.29. The first-order valence-electron chi connectivity index (χ1n) is 8.17. The molecule has 0 aliphatic carbocycles. The van der Waals surface area contributed by atoms with Crippen LogP contribution in [0.5, 0.6) is 17.2 Å². The van der Waals surface area contributed by atoms with Crippen LogP contribution >= 0.6 is 0 Å². The maximum absolute atomic E-state index is 12.5. The molecule has 0 fully saturated rings. The van der Waals surface area contributed by atoms with Gasteiger partial charge in [-0.25, -0.2) is 0 Å². The highest BCUT2D eigenvalue weighted by atomic mass is 16.5. The third kappa shape index (κ3) is 4.67. The van der Waals surface area contributed by atoms with Crippen LogP contribution < -0.4 is 19.5 Å². The van der Waals surface area contributed by atoms with Gasteiger partial charge in [0, 0.05) is 5.56 Å². The lowest BCUT2D eigenvalue weighted by Gasteiger charge is -2.21. The number of hydrogen-bond acceptors (Lipinski definition) is 5. The Morgan fingerprint density at radius 2 is 1.85 bits per heavy atom. The molecule has 6 heteroatoms. The molecule has 1 amide bonds. The number of nitrogens with zero attached hydrogens (tertiary/aromatic N) is 1. The molecule has 0 aliphatic rings. The third-order valence-corrected chi connectivity index (χ3v) is 3.91. The number of carbonyl (C=O) groups excluding carboxylic acids is 1. The summed E-state index contributed by atoms with van der Waals surface area (Å²) in [7, 11) is 3.16. The lowest BCUT2D eigenvalue weighted by molar-refractivity contribution is -0.127. The average molecular weight is 354 g/mol. The molecular weight excluding hydrogens is 332 g/mol. The van der Waals surface area contributed by atoms with Crippen LogP contribution in [-0.4, -0.2) is 26.2 Å². The molecule has 2 atom stereocenters. The third-order valence-electron chi connectivity index (χ3n) is 3.91. The largest absolute Gasteiger partial charge is 0.497 e. The minimum Gasteiger partial charge on any atom is -0.497 e. The van der Waals surface area contributed by atoms with E-state index in [0.29, 0.717) is 22.8 Å². The summed E-state index contributed by atoms with van der Waals surface area (Å²) in [5.74, 6) is 1.54. The Balaban J connectivity index is 2.07. The molecule has 136 valence electrons. The Bertz CT molecular complexity index is 814. The van der Waals surface area contributed by atoms with Gasteiger partial charge in [0.05, 0.1) is 31.9 Å². The molecule has 6 nitrogen and oxygen atoms in total. The van der Waals surface area contributed by atoms with E-state index in [2.05, 4.69) is 5.32 Å². The molecule has 26 heavy (non-hydrogen) atoms. The number of methoxy groups -OCH3 is 2. The van der Waals surface area contributed by atoms with Crippen molar-refractivity contribution in [3.63, 3.8) is 0 Å². The summed E-state index contributed by atoms with van der Waals surface area (Å²) in [6, 6.07) is 13.8. The number of rotatable bonds is 7. The second kappa shape index (κ2) is 8.77. The van der Waals surface area contributed by atoms with Crippen molar-refractivity contribution < 1.29 is 19.0 Å². The van der Waals surface area contributed by atoms with Crippen molar-refractivity contribution in [2.24, 2.45) is 0 Å². The second-order valence-electron chi connectivity index (χ2n) is 5.74. The molecule has 0 saturated heterocycles. The quantitative estimate of drug-likeness (QED) is 0.826. The summed E-state index contributed by atoms with van der Waals surface area (Å²) in [5.41, 5.74) is 1.28. The van der Waals surface area contributed by atoms with Crippen molar-refractivity contribution in [2.75, 3.05) is 14.2 Å². The zero-order valence-corrected chi connectivity index (χ0v) is 15.3. The van der Waals surface area contributed by atoms with Gasteiger partial charge in [0.2, 0.25) is 0 Å². The Morgan fingerprint density at radius 3 is 2.50 bits per heavy atom. The van der Waals surface area contributed by atoms with Gasteiger partial charge in [0.1, 0.15) is 17.2 Å². The molecule has 0 aliphatic heterocycles. The van der Waals surface area contributed by atoms with Crippen LogP contribution in [0.1, 0.15) is 31.0 Å². The highest BCUT2D eigenvalue weighted by molar-refractivity contribution is 5.81. The summed E-state index contributed by atoms with van der Waals surface area (Å²) >= 11 is 0. The number of nitriles is 1. The summed E-state index contributed by atoms with van der Waals surface area (Å²) < 4.78 is 16.2. The fourth-order valence-corrected chi connectivity index (χ4v) is 2.48. The van der Waals surface area contributed by atoms with Crippen LogP contribution in [0.25, 0.3) is 0 Å². The van der Waals surface area contributed by atoms with Gasteiger partial charge in [0.15, 0.2) is 6.10 Å². The molecule has 2 unspecified atom stereocenters. The molecule has 0 saturated carbocycles. The van der Waals surface area contributed by atoms with Crippen LogP contribution in [0.3, 0.4) is 0 Å². The van der Waals surface area contributed by atoms with E-state index in [1.54, 1.807) is 57.5 Å². The number of nitrogens with one attached hydrogen (secondary N) is 1. The van der Waals surface area contributed by atoms with Crippen molar-refractivity contribution in [1.29, 1.82) is 5.26 Å². The van der Waals surface area contributed by atoms with E-state index in [-0.39, 0.29) is 11.9 Å². The fraction of sp³-hybridized carbons (Fsp3) is 0.300. The van der Waals surface area contributed by atoms with Gasteiger partial charge in [-0.15, -0.1) is 0 Å². The van der Waals surface area contributed by atoms with Crippen LogP contribution in [-0.2, 0) is 4.79 Å². The molecule has 0 bridgehead atoms. The van der Waals surface area contributed by atoms with E-state index in [1.807, 2.05) is 19.1 Å². The molecule has 0 aromatic heterocycles. The number of ether oxygens (including phenoxy) is 3. The topological polar surface area (TPSA) is 80.6 Å². The summed E-state index contributed by atoms with van der Waals surface area (Å²) in [5, 5.41) is 11.8. The second-order valence-corrected chi connectivity index (χ2v) is 5.74. The van der Waals surface area contributed by atoms with Crippen molar-refractivity contribution in [2.45, 2.75) is 26.0 Å². The Kier molecular flexibility index (Phi) is 6.45. The zero-order chi connectivity index (χ0) is 19.1. The molecule has 0 heterocycles.